The second-order valence-electron chi connectivity index (χ2n) is 6.17. The Labute approximate surface area is 152 Å². The van der Waals surface area contributed by atoms with Gasteiger partial charge < -0.3 is 9.80 Å². The molecule has 128 valence electrons. The molecule has 25 heavy (non-hydrogen) atoms. The van der Waals surface area contributed by atoms with Gasteiger partial charge in [-0.1, -0.05) is 41.4 Å². The lowest BCUT2D eigenvalue weighted by Gasteiger charge is -2.35. The molecule has 2 heterocycles. The number of pyridine rings is 1. The predicted molar refractivity (Wildman–Crippen MR) is 97.6 cm³/mol. The van der Waals surface area contributed by atoms with Crippen molar-refractivity contribution in [3.8, 4) is 6.07 Å². The van der Waals surface area contributed by atoms with Crippen molar-refractivity contribution in [3.05, 3.63) is 58.2 Å². The number of aryl methyl sites for hydroxylation is 1. The molecule has 0 saturated carbocycles. The van der Waals surface area contributed by atoms with Crippen LogP contribution in [0.5, 0.6) is 0 Å². The molecular weight excluding hydrogens is 336 g/mol. The van der Waals surface area contributed by atoms with Crippen LogP contribution in [-0.4, -0.2) is 42.0 Å². The average Bonchev–Trinajstić information content (AvgIpc) is 2.63. The highest BCUT2D eigenvalue weighted by molar-refractivity contribution is 6.33. The SMILES string of the molecule is Cc1ccc(CC(=O)N2CCN(c3ncc(C#N)cc3Cl)CC2)cc1. The lowest BCUT2D eigenvalue weighted by molar-refractivity contribution is -0.130. The van der Waals surface area contributed by atoms with Crippen molar-refractivity contribution >= 4 is 23.3 Å². The minimum Gasteiger partial charge on any atom is -0.352 e. The van der Waals surface area contributed by atoms with E-state index in [1.807, 2.05) is 42.2 Å². The van der Waals surface area contributed by atoms with Gasteiger partial charge in [-0.15, -0.1) is 0 Å². The van der Waals surface area contributed by atoms with Crippen molar-refractivity contribution in [1.29, 1.82) is 5.26 Å². The molecule has 0 aliphatic carbocycles. The van der Waals surface area contributed by atoms with Gasteiger partial charge >= 0.3 is 0 Å². The molecule has 5 nitrogen and oxygen atoms in total. The summed E-state index contributed by atoms with van der Waals surface area (Å²) in [7, 11) is 0. The standard InChI is InChI=1S/C19H19ClN4O/c1-14-2-4-15(5-3-14)11-18(25)23-6-8-24(9-7-23)19-17(20)10-16(12-21)13-22-19/h2-5,10,13H,6-9,11H2,1H3. The number of piperazine rings is 1. The number of halogens is 1. The van der Waals surface area contributed by atoms with E-state index in [0.29, 0.717) is 49.0 Å². The molecule has 1 fully saturated rings. The molecular formula is C19H19ClN4O. The van der Waals surface area contributed by atoms with Crippen molar-refractivity contribution in [1.82, 2.24) is 9.88 Å². The van der Waals surface area contributed by atoms with Crippen LogP contribution < -0.4 is 4.90 Å². The van der Waals surface area contributed by atoms with Crippen LogP contribution >= 0.6 is 11.6 Å². The van der Waals surface area contributed by atoms with Crippen molar-refractivity contribution in [3.63, 3.8) is 0 Å². The topological polar surface area (TPSA) is 60.2 Å². The molecule has 1 aliphatic rings. The lowest BCUT2D eigenvalue weighted by atomic mass is 10.1. The van der Waals surface area contributed by atoms with Gasteiger partial charge in [-0.05, 0) is 18.6 Å². The third-order valence-corrected chi connectivity index (χ3v) is 4.64. The maximum atomic E-state index is 12.5. The summed E-state index contributed by atoms with van der Waals surface area (Å²) in [5.41, 5.74) is 2.67. The smallest absolute Gasteiger partial charge is 0.227 e. The third-order valence-electron chi connectivity index (χ3n) is 4.36. The van der Waals surface area contributed by atoms with Gasteiger partial charge in [0.25, 0.3) is 0 Å². The first-order valence-corrected chi connectivity index (χ1v) is 8.58. The van der Waals surface area contributed by atoms with E-state index < -0.39 is 0 Å². The van der Waals surface area contributed by atoms with E-state index in [1.165, 1.54) is 11.8 Å². The molecule has 0 unspecified atom stereocenters. The predicted octanol–water partition coefficient (Wildman–Crippen LogP) is 2.81. The number of carbonyl (C=O) groups is 1. The largest absolute Gasteiger partial charge is 0.352 e. The van der Waals surface area contributed by atoms with Crippen molar-refractivity contribution in [2.75, 3.05) is 31.1 Å². The fourth-order valence-electron chi connectivity index (χ4n) is 2.88. The van der Waals surface area contributed by atoms with Gasteiger partial charge in [-0.25, -0.2) is 4.98 Å². The quantitative estimate of drug-likeness (QED) is 0.850. The number of benzene rings is 1. The van der Waals surface area contributed by atoms with Crippen LogP contribution in [0.1, 0.15) is 16.7 Å². The average molecular weight is 355 g/mol. The van der Waals surface area contributed by atoms with E-state index in [1.54, 1.807) is 6.07 Å². The van der Waals surface area contributed by atoms with Crippen LogP contribution in [0, 0.1) is 18.3 Å². The van der Waals surface area contributed by atoms with Gasteiger partial charge in [-0.3, -0.25) is 4.79 Å². The van der Waals surface area contributed by atoms with E-state index >= 15 is 0 Å². The number of nitrogens with zero attached hydrogens (tertiary/aromatic N) is 4. The Morgan fingerprint density at radius 3 is 2.52 bits per heavy atom. The zero-order valence-corrected chi connectivity index (χ0v) is 14.8. The summed E-state index contributed by atoms with van der Waals surface area (Å²) in [5.74, 6) is 0.814. The van der Waals surface area contributed by atoms with Crippen LogP contribution in [0.3, 0.4) is 0 Å². The number of aromatic nitrogens is 1. The molecule has 0 N–H and O–H groups in total. The van der Waals surface area contributed by atoms with Crippen LogP contribution in [0.25, 0.3) is 0 Å². The fraction of sp³-hybridized carbons (Fsp3) is 0.316. The van der Waals surface area contributed by atoms with E-state index in [4.69, 9.17) is 16.9 Å². The molecule has 1 aliphatic heterocycles. The highest BCUT2D eigenvalue weighted by Crippen LogP contribution is 2.25. The third kappa shape index (κ3) is 4.09. The summed E-state index contributed by atoms with van der Waals surface area (Å²) in [6.07, 6.45) is 1.95. The monoisotopic (exact) mass is 354 g/mol. The summed E-state index contributed by atoms with van der Waals surface area (Å²) in [5, 5.41) is 9.36. The molecule has 1 amide bonds. The molecule has 1 aromatic heterocycles. The van der Waals surface area contributed by atoms with E-state index in [2.05, 4.69) is 9.88 Å². The maximum absolute atomic E-state index is 12.5. The Hall–Kier alpha value is -2.58. The molecule has 0 bridgehead atoms. The maximum Gasteiger partial charge on any atom is 0.227 e. The summed E-state index contributed by atoms with van der Waals surface area (Å²) < 4.78 is 0. The molecule has 0 spiro atoms. The van der Waals surface area contributed by atoms with Gasteiger partial charge in [0.2, 0.25) is 5.91 Å². The van der Waals surface area contributed by atoms with E-state index in [0.717, 1.165) is 5.56 Å². The molecule has 0 atom stereocenters. The van der Waals surface area contributed by atoms with Gasteiger partial charge in [0.05, 0.1) is 17.0 Å². The van der Waals surface area contributed by atoms with E-state index in [-0.39, 0.29) is 5.91 Å². The van der Waals surface area contributed by atoms with Crippen LogP contribution in [0.2, 0.25) is 5.02 Å². The normalized spacial score (nSPS) is 14.3. The number of rotatable bonds is 3. The van der Waals surface area contributed by atoms with Crippen molar-refractivity contribution in [2.45, 2.75) is 13.3 Å². The van der Waals surface area contributed by atoms with Gasteiger partial charge in [0, 0.05) is 32.4 Å². The zero-order chi connectivity index (χ0) is 17.8. The summed E-state index contributed by atoms with van der Waals surface area (Å²) in [6, 6.07) is 11.7. The Morgan fingerprint density at radius 1 is 1.24 bits per heavy atom. The number of carbonyl (C=O) groups excluding carboxylic acids is 1. The Kier molecular flexibility index (Phi) is 5.20. The summed E-state index contributed by atoms with van der Waals surface area (Å²) in [4.78, 5) is 20.7. The zero-order valence-electron chi connectivity index (χ0n) is 14.1. The van der Waals surface area contributed by atoms with Crippen molar-refractivity contribution < 1.29 is 4.79 Å². The first-order chi connectivity index (χ1) is 12.1. The fourth-order valence-corrected chi connectivity index (χ4v) is 3.17. The van der Waals surface area contributed by atoms with Gasteiger partial charge in [0.1, 0.15) is 11.9 Å². The second-order valence-corrected chi connectivity index (χ2v) is 6.58. The summed E-state index contributed by atoms with van der Waals surface area (Å²) >= 11 is 6.22. The molecule has 0 radical (unpaired) electrons. The number of hydrogen-bond acceptors (Lipinski definition) is 4. The summed E-state index contributed by atoms with van der Waals surface area (Å²) in [6.45, 7) is 4.68. The Balaban J connectivity index is 1.59. The molecule has 1 aromatic carbocycles. The minimum atomic E-state index is 0.141. The van der Waals surface area contributed by atoms with Crippen LogP contribution in [0.4, 0.5) is 5.82 Å². The Bertz CT molecular complexity index is 805. The molecule has 3 rings (SSSR count). The minimum absolute atomic E-state index is 0.141. The lowest BCUT2D eigenvalue weighted by Crippen LogP contribution is -2.49. The molecule has 1 saturated heterocycles. The first kappa shape index (κ1) is 17.2. The first-order valence-electron chi connectivity index (χ1n) is 8.21. The number of hydrogen-bond donors (Lipinski definition) is 0. The van der Waals surface area contributed by atoms with Crippen molar-refractivity contribution in [2.24, 2.45) is 0 Å². The highest BCUT2D eigenvalue weighted by Gasteiger charge is 2.23. The second kappa shape index (κ2) is 7.54. The van der Waals surface area contributed by atoms with Crippen LogP contribution in [0.15, 0.2) is 36.5 Å². The Morgan fingerprint density at radius 2 is 1.92 bits per heavy atom. The van der Waals surface area contributed by atoms with Gasteiger partial charge in [-0.2, -0.15) is 5.26 Å². The number of nitriles is 1. The highest BCUT2D eigenvalue weighted by atomic mass is 35.5. The van der Waals surface area contributed by atoms with Gasteiger partial charge in [0.15, 0.2) is 0 Å². The number of anilines is 1. The van der Waals surface area contributed by atoms with E-state index in [9.17, 15) is 4.79 Å². The molecule has 2 aromatic rings. The van der Waals surface area contributed by atoms with Crippen LogP contribution in [-0.2, 0) is 11.2 Å². The molecule has 6 heteroatoms. The number of amides is 1.